The van der Waals surface area contributed by atoms with Gasteiger partial charge in [0.15, 0.2) is 6.73 Å². The number of nitrogens with zero attached hydrogens (tertiary/aromatic N) is 1. The fourth-order valence-electron chi connectivity index (χ4n) is 2.11. The number of carbonyl (C=O) groups is 2. The van der Waals surface area contributed by atoms with E-state index < -0.39 is 0 Å². The molecule has 2 rings (SSSR count). The monoisotopic (exact) mass is 277 g/mol. The van der Waals surface area contributed by atoms with Crippen molar-refractivity contribution in [1.29, 1.82) is 0 Å². The Bertz CT molecular complexity index is 487. The van der Waals surface area contributed by atoms with Crippen LogP contribution in [0, 0.1) is 0 Å². The molecule has 0 unspecified atom stereocenters. The Balaban J connectivity index is 1.73. The molecule has 1 amide bonds. The zero-order chi connectivity index (χ0) is 14.4. The number of rotatable bonds is 6. The van der Waals surface area contributed by atoms with Gasteiger partial charge in [0.25, 0.3) is 5.91 Å². The van der Waals surface area contributed by atoms with Gasteiger partial charge in [0.05, 0.1) is 12.2 Å². The number of hydrogen-bond donors (Lipinski definition) is 0. The number of hydrogen-bond acceptors (Lipinski definition) is 4. The Labute approximate surface area is 118 Å². The molecular formula is C15H19NO4. The molecule has 0 saturated heterocycles. The molecule has 20 heavy (non-hydrogen) atoms. The van der Waals surface area contributed by atoms with E-state index >= 15 is 0 Å². The second-order valence-electron chi connectivity index (χ2n) is 4.74. The minimum atomic E-state index is -0.249. The molecule has 5 heteroatoms. The predicted molar refractivity (Wildman–Crippen MR) is 73.5 cm³/mol. The Kier molecular flexibility index (Phi) is 4.98. The van der Waals surface area contributed by atoms with Crippen LogP contribution in [0.25, 0.3) is 0 Å². The first-order valence-corrected chi connectivity index (χ1v) is 6.83. The van der Waals surface area contributed by atoms with E-state index in [-0.39, 0.29) is 11.9 Å². The van der Waals surface area contributed by atoms with Crippen molar-refractivity contribution in [2.45, 2.75) is 26.2 Å². The lowest BCUT2D eigenvalue weighted by Crippen LogP contribution is -2.39. The molecule has 0 aliphatic carbocycles. The largest absolute Gasteiger partial charge is 0.472 e. The van der Waals surface area contributed by atoms with Crippen LogP contribution < -0.4 is 4.74 Å². The molecule has 1 aliphatic rings. The van der Waals surface area contributed by atoms with Crippen LogP contribution in [0.2, 0.25) is 0 Å². The third-order valence-corrected chi connectivity index (χ3v) is 3.16. The molecule has 1 aromatic carbocycles. The molecule has 0 saturated carbocycles. The Morgan fingerprint density at radius 3 is 2.90 bits per heavy atom. The summed E-state index contributed by atoms with van der Waals surface area (Å²) in [6, 6.07) is 7.29. The fraction of sp³-hybridized carbons (Fsp3) is 0.467. The topological polar surface area (TPSA) is 55.8 Å². The summed E-state index contributed by atoms with van der Waals surface area (Å²) in [5, 5.41) is 0. The zero-order valence-electron chi connectivity index (χ0n) is 11.6. The number of carbonyl (C=O) groups excluding carboxylic acids is 2. The second-order valence-corrected chi connectivity index (χ2v) is 4.74. The van der Waals surface area contributed by atoms with E-state index in [0.29, 0.717) is 31.2 Å². The van der Waals surface area contributed by atoms with Crippen molar-refractivity contribution >= 4 is 11.9 Å². The van der Waals surface area contributed by atoms with Crippen LogP contribution in [0.15, 0.2) is 24.3 Å². The Hall–Kier alpha value is -2.04. The number of unbranched alkanes of at least 4 members (excludes halogenated alkanes) is 2. The minimum Gasteiger partial charge on any atom is -0.472 e. The van der Waals surface area contributed by atoms with E-state index in [0.717, 1.165) is 19.3 Å². The first-order chi connectivity index (χ1) is 9.68. The molecule has 1 aliphatic heterocycles. The van der Waals surface area contributed by atoms with Crippen molar-refractivity contribution in [2.24, 2.45) is 0 Å². The van der Waals surface area contributed by atoms with Crippen LogP contribution in [-0.2, 0) is 9.53 Å². The van der Waals surface area contributed by atoms with Gasteiger partial charge in [-0.2, -0.15) is 0 Å². The lowest BCUT2D eigenvalue weighted by Gasteiger charge is -2.28. The maximum absolute atomic E-state index is 12.2. The average Bonchev–Trinajstić information content (AvgIpc) is 2.45. The highest BCUT2D eigenvalue weighted by Crippen LogP contribution is 2.24. The molecule has 0 aromatic heterocycles. The summed E-state index contributed by atoms with van der Waals surface area (Å²) in [6.07, 6.45) is 2.61. The van der Waals surface area contributed by atoms with E-state index in [1.165, 1.54) is 6.92 Å². The molecule has 0 radical (unpaired) electrons. The van der Waals surface area contributed by atoms with E-state index in [4.69, 9.17) is 9.47 Å². The van der Waals surface area contributed by atoms with Crippen molar-refractivity contribution < 1.29 is 19.1 Å². The van der Waals surface area contributed by atoms with E-state index in [2.05, 4.69) is 0 Å². The van der Waals surface area contributed by atoms with Crippen molar-refractivity contribution in [2.75, 3.05) is 19.9 Å². The van der Waals surface area contributed by atoms with Crippen LogP contribution in [0.1, 0.15) is 36.5 Å². The number of amides is 1. The van der Waals surface area contributed by atoms with Crippen molar-refractivity contribution in [3.63, 3.8) is 0 Å². The molecule has 0 bridgehead atoms. The highest BCUT2D eigenvalue weighted by molar-refractivity contribution is 5.97. The summed E-state index contributed by atoms with van der Waals surface area (Å²) in [7, 11) is 0. The van der Waals surface area contributed by atoms with Gasteiger partial charge in [0.2, 0.25) is 0 Å². The highest BCUT2D eigenvalue weighted by Gasteiger charge is 2.24. The van der Waals surface area contributed by atoms with Crippen LogP contribution in [0.5, 0.6) is 5.75 Å². The molecule has 1 heterocycles. The van der Waals surface area contributed by atoms with Crippen molar-refractivity contribution in [3.05, 3.63) is 29.8 Å². The standard InChI is InChI=1S/C15H19NO4/c1-12(17)19-10-6-2-5-9-16-11-20-14-8-4-3-7-13(14)15(16)18/h3-4,7-8H,2,5-6,9-11H2,1H3. The Morgan fingerprint density at radius 2 is 2.10 bits per heavy atom. The maximum Gasteiger partial charge on any atom is 0.302 e. The normalized spacial score (nSPS) is 13.7. The lowest BCUT2D eigenvalue weighted by atomic mass is 10.1. The second kappa shape index (κ2) is 6.93. The molecule has 0 N–H and O–H groups in total. The molecule has 5 nitrogen and oxygen atoms in total. The lowest BCUT2D eigenvalue weighted by molar-refractivity contribution is -0.141. The van der Waals surface area contributed by atoms with Crippen LogP contribution in [0.3, 0.4) is 0 Å². The summed E-state index contributed by atoms with van der Waals surface area (Å²) in [4.78, 5) is 24.5. The Morgan fingerprint density at radius 1 is 1.30 bits per heavy atom. The number of esters is 1. The molecule has 0 fully saturated rings. The van der Waals surface area contributed by atoms with Gasteiger partial charge >= 0.3 is 5.97 Å². The quantitative estimate of drug-likeness (QED) is 0.591. The number of fused-ring (bicyclic) bond motifs is 1. The third-order valence-electron chi connectivity index (χ3n) is 3.16. The van der Waals surface area contributed by atoms with Crippen LogP contribution in [-0.4, -0.2) is 36.7 Å². The van der Waals surface area contributed by atoms with Gasteiger partial charge in [-0.25, -0.2) is 0 Å². The SMILES string of the molecule is CC(=O)OCCCCCN1COc2ccccc2C1=O. The number of ether oxygens (including phenoxy) is 2. The molecule has 0 spiro atoms. The van der Waals surface area contributed by atoms with Gasteiger partial charge in [-0.15, -0.1) is 0 Å². The highest BCUT2D eigenvalue weighted by atomic mass is 16.5. The average molecular weight is 277 g/mol. The molecule has 108 valence electrons. The minimum absolute atomic E-state index is 0.0202. The van der Waals surface area contributed by atoms with Gasteiger partial charge in [0, 0.05) is 13.5 Å². The maximum atomic E-state index is 12.2. The smallest absolute Gasteiger partial charge is 0.302 e. The van der Waals surface area contributed by atoms with Gasteiger partial charge in [0.1, 0.15) is 5.75 Å². The van der Waals surface area contributed by atoms with Gasteiger partial charge in [-0.3, -0.25) is 9.59 Å². The van der Waals surface area contributed by atoms with E-state index in [1.54, 1.807) is 11.0 Å². The van der Waals surface area contributed by atoms with E-state index in [9.17, 15) is 9.59 Å². The molecule has 0 atom stereocenters. The van der Waals surface area contributed by atoms with Crippen LogP contribution >= 0.6 is 0 Å². The van der Waals surface area contributed by atoms with E-state index in [1.807, 2.05) is 18.2 Å². The van der Waals surface area contributed by atoms with Gasteiger partial charge < -0.3 is 14.4 Å². The first-order valence-electron chi connectivity index (χ1n) is 6.83. The molecular weight excluding hydrogens is 258 g/mol. The molecule has 1 aromatic rings. The van der Waals surface area contributed by atoms with Gasteiger partial charge in [-0.05, 0) is 31.4 Å². The third kappa shape index (κ3) is 3.73. The summed E-state index contributed by atoms with van der Waals surface area (Å²) >= 11 is 0. The van der Waals surface area contributed by atoms with Crippen LogP contribution in [0.4, 0.5) is 0 Å². The first kappa shape index (κ1) is 14.4. The summed E-state index contributed by atoms with van der Waals surface area (Å²) in [5.41, 5.74) is 0.624. The van der Waals surface area contributed by atoms with Crippen molar-refractivity contribution in [3.8, 4) is 5.75 Å². The summed E-state index contributed by atoms with van der Waals surface area (Å²) < 4.78 is 10.4. The zero-order valence-corrected chi connectivity index (χ0v) is 11.6. The summed E-state index contributed by atoms with van der Waals surface area (Å²) in [6.45, 7) is 2.82. The summed E-state index contributed by atoms with van der Waals surface area (Å²) in [5.74, 6) is 0.427. The number of benzene rings is 1. The van der Waals surface area contributed by atoms with Crippen molar-refractivity contribution in [1.82, 2.24) is 4.90 Å². The predicted octanol–water partition coefficient (Wildman–Crippen LogP) is 2.21. The van der Waals surface area contributed by atoms with Gasteiger partial charge in [-0.1, -0.05) is 12.1 Å². The fourth-order valence-corrected chi connectivity index (χ4v) is 2.11. The number of para-hydroxylation sites is 1.